The molecule has 3 aromatic carbocycles. The smallest absolute Gasteiger partial charge is 0.343 e. The Hall–Kier alpha value is -4.12. The normalized spacial score (nSPS) is 19.8. The number of aliphatic hydroxyl groups is 1. The van der Waals surface area contributed by atoms with Crippen LogP contribution in [0.4, 0.5) is 0 Å². The van der Waals surface area contributed by atoms with E-state index in [1.807, 2.05) is 18.2 Å². The van der Waals surface area contributed by atoms with Crippen molar-refractivity contribution in [2.75, 3.05) is 6.54 Å². The molecule has 3 atom stereocenters. The quantitative estimate of drug-likeness (QED) is 0.137. The molecule has 274 valence electrons. The number of pyridine rings is 2. The van der Waals surface area contributed by atoms with Gasteiger partial charge < -0.3 is 24.6 Å². The van der Waals surface area contributed by atoms with Gasteiger partial charge in [-0.2, -0.15) is 0 Å². The zero-order chi connectivity index (χ0) is 37.4. The lowest BCUT2D eigenvalue weighted by atomic mass is 9.76. The topological polar surface area (TPSA) is 117 Å². The van der Waals surface area contributed by atoms with Crippen LogP contribution in [0.5, 0.6) is 0 Å². The van der Waals surface area contributed by atoms with E-state index in [1.165, 1.54) is 15.9 Å². The van der Waals surface area contributed by atoms with E-state index >= 15 is 0 Å². The number of rotatable bonds is 8. The number of hydrogen-bond donors (Lipinski definition) is 2. The maximum Gasteiger partial charge on any atom is 0.343 e. The molecule has 2 aliphatic heterocycles. The van der Waals surface area contributed by atoms with Gasteiger partial charge in [-0.1, -0.05) is 100.0 Å². The standard InChI is InChI=1S/C43H46ClN3O5Si/c1-6-43(50)33-20-36-39-31(23-47(36)40(48)32(33)24-51-41(43)49)37-26(17-18-30-25(2)34(44)21-35(46-39)38(30)37)19-27(22-45)52-53(42(3,4)5,28-13-9-7-10-14-28)29-15-11-8-12-16-29/h7-16,20-21,26-27,50H,6,17-19,22-24,45H2,1-5H3/t26-,27?,43-/m0/s1. The summed E-state index contributed by atoms with van der Waals surface area (Å²) in [5.41, 5.74) is 11.6. The van der Waals surface area contributed by atoms with E-state index in [9.17, 15) is 14.7 Å². The summed E-state index contributed by atoms with van der Waals surface area (Å²) in [7, 11) is -2.90. The number of nitrogens with zero attached hydrogens (tertiary/aromatic N) is 2. The fourth-order valence-corrected chi connectivity index (χ4v) is 14.3. The number of hydrogen-bond acceptors (Lipinski definition) is 7. The predicted octanol–water partition coefficient (Wildman–Crippen LogP) is 6.37. The van der Waals surface area contributed by atoms with Crippen molar-refractivity contribution in [1.29, 1.82) is 0 Å². The first-order chi connectivity index (χ1) is 25.3. The molecule has 0 amide bonds. The Kier molecular flexibility index (Phi) is 8.82. The van der Waals surface area contributed by atoms with Gasteiger partial charge in [0.15, 0.2) is 5.60 Å². The van der Waals surface area contributed by atoms with Crippen molar-refractivity contribution in [3.63, 3.8) is 0 Å². The third kappa shape index (κ3) is 5.38. The molecule has 1 aliphatic carbocycles. The monoisotopic (exact) mass is 747 g/mol. The molecule has 0 saturated carbocycles. The Morgan fingerprint density at radius 2 is 1.72 bits per heavy atom. The first kappa shape index (κ1) is 35.9. The molecular formula is C43H46ClN3O5Si. The minimum Gasteiger partial charge on any atom is -0.458 e. The highest BCUT2D eigenvalue weighted by atomic mass is 35.5. The third-order valence-corrected chi connectivity index (χ3v) is 17.6. The van der Waals surface area contributed by atoms with Crippen LogP contribution in [0.25, 0.3) is 22.3 Å². The lowest BCUT2D eigenvalue weighted by molar-refractivity contribution is -0.172. The van der Waals surface area contributed by atoms with Crippen LogP contribution in [0.15, 0.2) is 77.6 Å². The Bertz CT molecular complexity index is 2300. The Labute approximate surface area is 316 Å². The van der Waals surface area contributed by atoms with Gasteiger partial charge in [-0.25, -0.2) is 9.78 Å². The van der Waals surface area contributed by atoms with Gasteiger partial charge in [0.1, 0.15) is 6.61 Å². The Balaban J connectivity index is 1.29. The summed E-state index contributed by atoms with van der Waals surface area (Å²) in [4.78, 5) is 32.2. The first-order valence-electron chi connectivity index (χ1n) is 18.6. The van der Waals surface area contributed by atoms with Crippen molar-refractivity contribution >= 4 is 47.2 Å². The highest BCUT2D eigenvalue weighted by Gasteiger charge is 2.52. The summed E-state index contributed by atoms with van der Waals surface area (Å²) < 4.78 is 14.7. The van der Waals surface area contributed by atoms with E-state index < -0.39 is 19.9 Å². The summed E-state index contributed by atoms with van der Waals surface area (Å²) in [5, 5.41) is 15.4. The van der Waals surface area contributed by atoms with Crippen LogP contribution in [0.2, 0.25) is 10.1 Å². The van der Waals surface area contributed by atoms with Crippen molar-refractivity contribution in [2.45, 2.75) is 96.1 Å². The number of nitrogens with two attached hydrogens (primary N) is 1. The van der Waals surface area contributed by atoms with Crippen LogP contribution in [-0.2, 0) is 39.1 Å². The average Bonchev–Trinajstić information content (AvgIpc) is 3.53. The molecular weight excluding hydrogens is 702 g/mol. The van der Waals surface area contributed by atoms with Gasteiger partial charge in [-0.3, -0.25) is 4.79 Å². The molecule has 3 aliphatic rings. The minimum absolute atomic E-state index is 0.0613. The van der Waals surface area contributed by atoms with Crippen LogP contribution < -0.4 is 21.7 Å². The maximum atomic E-state index is 14.2. The highest BCUT2D eigenvalue weighted by Crippen LogP contribution is 2.49. The van der Waals surface area contributed by atoms with Crippen LogP contribution in [0, 0.1) is 6.92 Å². The number of aromatic nitrogens is 2. The van der Waals surface area contributed by atoms with Gasteiger partial charge in [0.2, 0.25) is 0 Å². The van der Waals surface area contributed by atoms with Crippen LogP contribution in [0.3, 0.4) is 0 Å². The number of cyclic esters (lactones) is 1. The first-order valence-corrected chi connectivity index (χ1v) is 20.9. The second-order valence-electron chi connectivity index (χ2n) is 15.9. The number of halogens is 1. The zero-order valence-electron chi connectivity index (χ0n) is 31.0. The van der Waals surface area contributed by atoms with Crippen LogP contribution in [0.1, 0.15) is 86.3 Å². The molecule has 10 heteroatoms. The van der Waals surface area contributed by atoms with Gasteiger partial charge in [0, 0.05) is 28.1 Å². The van der Waals surface area contributed by atoms with Crippen molar-refractivity contribution in [2.24, 2.45) is 5.73 Å². The Morgan fingerprint density at radius 3 is 2.32 bits per heavy atom. The minimum atomic E-state index is -2.90. The molecule has 0 saturated heterocycles. The molecule has 2 aromatic heterocycles. The van der Waals surface area contributed by atoms with E-state index in [0.29, 0.717) is 47.0 Å². The van der Waals surface area contributed by atoms with Crippen molar-refractivity contribution in [3.05, 3.63) is 122 Å². The molecule has 0 spiro atoms. The number of esters is 1. The average molecular weight is 748 g/mol. The number of carbonyl (C=O) groups excluding carboxylic acids is 1. The summed E-state index contributed by atoms with van der Waals surface area (Å²) in [6.45, 7) is 11.1. The Morgan fingerprint density at radius 1 is 1.06 bits per heavy atom. The summed E-state index contributed by atoms with van der Waals surface area (Å²) in [6, 6.07) is 25.0. The fourth-order valence-electron chi connectivity index (χ4n) is 9.34. The van der Waals surface area contributed by atoms with E-state index in [2.05, 4.69) is 76.2 Å². The number of fused-ring (bicyclic) bond motifs is 5. The second-order valence-corrected chi connectivity index (χ2v) is 20.6. The summed E-state index contributed by atoms with van der Waals surface area (Å²) >= 11 is 6.85. The molecule has 4 heterocycles. The van der Waals surface area contributed by atoms with E-state index in [4.69, 9.17) is 31.5 Å². The largest absolute Gasteiger partial charge is 0.458 e. The molecule has 53 heavy (non-hydrogen) atoms. The van der Waals surface area contributed by atoms with Crippen LogP contribution in [-0.4, -0.2) is 41.6 Å². The van der Waals surface area contributed by atoms with Crippen molar-refractivity contribution < 1.29 is 19.1 Å². The second kappa shape index (κ2) is 13.0. The number of carbonyl (C=O) groups is 1. The van der Waals surface area contributed by atoms with E-state index in [0.717, 1.165) is 40.4 Å². The molecule has 8 rings (SSSR count). The van der Waals surface area contributed by atoms with Gasteiger partial charge in [0.25, 0.3) is 13.9 Å². The molecule has 0 bridgehead atoms. The number of ether oxygens (including phenoxy) is 1. The number of aryl methyl sites for hydroxylation is 1. The highest BCUT2D eigenvalue weighted by molar-refractivity contribution is 6.99. The van der Waals surface area contributed by atoms with Crippen molar-refractivity contribution in [3.8, 4) is 11.4 Å². The van der Waals surface area contributed by atoms with Gasteiger partial charge in [-0.05, 0) is 82.8 Å². The van der Waals surface area contributed by atoms with E-state index in [1.54, 1.807) is 17.6 Å². The molecule has 3 N–H and O–H groups in total. The van der Waals surface area contributed by atoms with Crippen LogP contribution >= 0.6 is 11.6 Å². The third-order valence-electron chi connectivity index (χ3n) is 12.1. The fraction of sp³-hybridized carbons (Fsp3) is 0.372. The summed E-state index contributed by atoms with van der Waals surface area (Å²) in [6.07, 6.45) is 2.20. The van der Waals surface area contributed by atoms with Gasteiger partial charge in [-0.15, -0.1) is 0 Å². The molecule has 5 aromatic rings. The number of benzene rings is 3. The maximum absolute atomic E-state index is 14.2. The molecule has 0 radical (unpaired) electrons. The van der Waals surface area contributed by atoms with Gasteiger partial charge >= 0.3 is 5.97 Å². The molecule has 1 unspecified atom stereocenters. The van der Waals surface area contributed by atoms with E-state index in [-0.39, 0.29) is 35.6 Å². The molecule has 8 nitrogen and oxygen atoms in total. The summed E-state index contributed by atoms with van der Waals surface area (Å²) in [5.74, 6) is -0.677. The zero-order valence-corrected chi connectivity index (χ0v) is 32.7. The van der Waals surface area contributed by atoms with Gasteiger partial charge in [0.05, 0.1) is 35.1 Å². The predicted molar refractivity (Wildman–Crippen MR) is 211 cm³/mol. The SMILES string of the molecule is CC[C@@]1(O)C(=O)OCc2c1cc1n(c2=O)Cc2c-1nc1cc(Cl)c(C)c3c1c2[C@H](CC(CN)O[Si](c1ccccc1)(c1ccccc1)C(C)(C)C)CC3. The lowest BCUT2D eigenvalue weighted by Gasteiger charge is -2.45. The van der Waals surface area contributed by atoms with Crippen molar-refractivity contribution in [1.82, 2.24) is 9.55 Å². The lowest BCUT2D eigenvalue weighted by Crippen LogP contribution is -2.68. The molecule has 0 fully saturated rings.